The molecule has 0 radical (unpaired) electrons. The van der Waals surface area contributed by atoms with Gasteiger partial charge < -0.3 is 4.74 Å². The number of carbonyl (C=O) groups is 1. The van der Waals surface area contributed by atoms with E-state index in [-0.39, 0.29) is 5.69 Å². The van der Waals surface area contributed by atoms with E-state index < -0.39 is 5.97 Å². The summed E-state index contributed by atoms with van der Waals surface area (Å²) in [6.07, 6.45) is 0.830. The number of rotatable bonds is 4. The summed E-state index contributed by atoms with van der Waals surface area (Å²) in [5.74, 6) is 0.0212. The van der Waals surface area contributed by atoms with Crippen LogP contribution in [0, 0.1) is 5.92 Å². The molecule has 0 aliphatic heterocycles. The summed E-state index contributed by atoms with van der Waals surface area (Å²) in [6, 6.07) is 3.37. The average molecular weight is 282 g/mol. The van der Waals surface area contributed by atoms with Gasteiger partial charge in [0.2, 0.25) is 0 Å². The molecule has 0 aliphatic carbocycles. The number of esters is 1. The highest BCUT2D eigenvalue weighted by molar-refractivity contribution is 6.29. The molecule has 0 aromatic carbocycles. The molecule has 0 aliphatic rings. The Morgan fingerprint density at radius 2 is 2.21 bits per heavy atom. The van der Waals surface area contributed by atoms with Crippen LogP contribution in [-0.2, 0) is 11.2 Å². The van der Waals surface area contributed by atoms with Crippen LogP contribution in [-0.4, -0.2) is 27.2 Å². The van der Waals surface area contributed by atoms with Crippen molar-refractivity contribution in [2.45, 2.75) is 27.2 Å². The highest BCUT2D eigenvalue weighted by atomic mass is 35.5. The molecule has 19 heavy (non-hydrogen) atoms. The second-order valence-corrected chi connectivity index (χ2v) is 5.08. The van der Waals surface area contributed by atoms with Crippen LogP contribution >= 0.6 is 11.6 Å². The fraction of sp³-hybridized carbons (Fsp3) is 0.462. The Balaban J connectivity index is 2.41. The van der Waals surface area contributed by atoms with Crippen molar-refractivity contribution >= 4 is 23.2 Å². The van der Waals surface area contributed by atoms with E-state index in [4.69, 9.17) is 16.3 Å². The summed E-state index contributed by atoms with van der Waals surface area (Å²) < 4.78 is 6.35. The summed E-state index contributed by atoms with van der Waals surface area (Å²) in [5, 5.41) is 4.54. The van der Waals surface area contributed by atoms with E-state index in [2.05, 4.69) is 23.9 Å². The zero-order valence-electron chi connectivity index (χ0n) is 11.2. The van der Waals surface area contributed by atoms with Gasteiger partial charge in [-0.15, -0.1) is 0 Å². The molecule has 0 unspecified atom stereocenters. The highest BCUT2D eigenvalue weighted by Gasteiger charge is 2.15. The third-order valence-corrected chi connectivity index (χ3v) is 2.81. The molecule has 5 nitrogen and oxygen atoms in total. The first-order valence-electron chi connectivity index (χ1n) is 6.23. The van der Waals surface area contributed by atoms with Gasteiger partial charge in [0, 0.05) is 11.8 Å². The molecule has 2 rings (SSSR count). The van der Waals surface area contributed by atoms with E-state index >= 15 is 0 Å². The molecule has 0 bridgehead atoms. The molecular formula is C13H16ClN3O2. The number of halogens is 1. The molecular weight excluding hydrogens is 266 g/mol. The number of aromatic nitrogens is 3. The smallest absolute Gasteiger partial charge is 0.358 e. The molecule has 0 amide bonds. The van der Waals surface area contributed by atoms with Crippen molar-refractivity contribution < 1.29 is 9.53 Å². The van der Waals surface area contributed by atoms with Crippen LogP contribution < -0.4 is 0 Å². The second-order valence-electron chi connectivity index (χ2n) is 4.69. The van der Waals surface area contributed by atoms with Gasteiger partial charge in [-0.05, 0) is 25.3 Å². The molecule has 2 aromatic heterocycles. The lowest BCUT2D eigenvalue weighted by molar-refractivity contribution is 0.0519. The van der Waals surface area contributed by atoms with Gasteiger partial charge in [-0.25, -0.2) is 14.3 Å². The maximum atomic E-state index is 11.6. The minimum absolute atomic E-state index is 0.220. The number of ether oxygens (including phenoxy) is 1. The van der Waals surface area contributed by atoms with Crippen LogP contribution in [0.1, 0.15) is 37.0 Å². The molecule has 0 N–H and O–H groups in total. The van der Waals surface area contributed by atoms with E-state index in [1.165, 1.54) is 4.52 Å². The lowest BCUT2D eigenvalue weighted by Crippen LogP contribution is -2.05. The molecule has 0 fully saturated rings. The zero-order chi connectivity index (χ0) is 14.0. The van der Waals surface area contributed by atoms with Gasteiger partial charge >= 0.3 is 5.97 Å². The lowest BCUT2D eigenvalue weighted by atomic mass is 10.1. The van der Waals surface area contributed by atoms with Crippen molar-refractivity contribution in [3.8, 4) is 0 Å². The molecule has 6 heteroatoms. The predicted molar refractivity (Wildman–Crippen MR) is 72.5 cm³/mol. The van der Waals surface area contributed by atoms with Gasteiger partial charge in [0.15, 0.2) is 11.3 Å². The van der Waals surface area contributed by atoms with Crippen molar-refractivity contribution in [2.75, 3.05) is 6.61 Å². The minimum atomic E-state index is -0.463. The van der Waals surface area contributed by atoms with Gasteiger partial charge in [0.25, 0.3) is 0 Å². The summed E-state index contributed by atoms with van der Waals surface area (Å²) in [5.41, 5.74) is 1.67. The van der Waals surface area contributed by atoms with Crippen LogP contribution in [0.3, 0.4) is 0 Å². The van der Waals surface area contributed by atoms with Crippen molar-refractivity contribution in [2.24, 2.45) is 5.92 Å². The highest BCUT2D eigenvalue weighted by Crippen LogP contribution is 2.17. The lowest BCUT2D eigenvalue weighted by Gasteiger charge is -2.05. The number of nitrogens with zero attached hydrogens (tertiary/aromatic N) is 3. The van der Waals surface area contributed by atoms with Gasteiger partial charge in [0.1, 0.15) is 5.15 Å². The van der Waals surface area contributed by atoms with Crippen LogP contribution in [0.25, 0.3) is 5.65 Å². The van der Waals surface area contributed by atoms with Crippen LogP contribution in [0.5, 0.6) is 0 Å². The van der Waals surface area contributed by atoms with E-state index in [9.17, 15) is 4.79 Å². The fourth-order valence-electron chi connectivity index (χ4n) is 1.81. The monoisotopic (exact) mass is 281 g/mol. The van der Waals surface area contributed by atoms with Crippen molar-refractivity contribution in [1.82, 2.24) is 14.6 Å². The summed E-state index contributed by atoms with van der Waals surface area (Å²) in [4.78, 5) is 16.1. The average Bonchev–Trinajstić information content (AvgIpc) is 2.72. The van der Waals surface area contributed by atoms with E-state index in [1.54, 1.807) is 19.1 Å². The Morgan fingerprint density at radius 3 is 2.84 bits per heavy atom. The molecule has 0 spiro atoms. The van der Waals surface area contributed by atoms with Gasteiger partial charge in [0.05, 0.1) is 6.61 Å². The third kappa shape index (κ3) is 3.04. The fourth-order valence-corrected chi connectivity index (χ4v) is 2.06. The first-order chi connectivity index (χ1) is 9.01. The number of carbonyl (C=O) groups excluding carboxylic acids is 1. The van der Waals surface area contributed by atoms with Crippen molar-refractivity contribution in [3.05, 3.63) is 28.7 Å². The normalized spacial score (nSPS) is 11.2. The third-order valence-electron chi connectivity index (χ3n) is 2.54. The number of fused-ring (bicyclic) bond motifs is 1. The van der Waals surface area contributed by atoms with E-state index in [0.717, 1.165) is 12.1 Å². The Labute approximate surface area is 116 Å². The summed E-state index contributed by atoms with van der Waals surface area (Å²) >= 11 is 6.15. The molecule has 0 saturated carbocycles. The standard InChI is InChI=1S/C13H16ClN3O2/c1-4-19-13(18)10-7-12-15-9(5-8(2)3)6-11(14)17(12)16-10/h6-8H,4-5H2,1-3H3. The topological polar surface area (TPSA) is 56.5 Å². The molecule has 2 heterocycles. The maximum absolute atomic E-state index is 11.6. The first-order valence-corrected chi connectivity index (χ1v) is 6.61. The van der Waals surface area contributed by atoms with Crippen LogP contribution in [0.4, 0.5) is 0 Å². The first kappa shape index (κ1) is 13.8. The van der Waals surface area contributed by atoms with E-state index in [1.807, 2.05) is 0 Å². The van der Waals surface area contributed by atoms with Gasteiger partial charge in [-0.2, -0.15) is 5.10 Å². The largest absolute Gasteiger partial charge is 0.461 e. The van der Waals surface area contributed by atoms with Crippen LogP contribution in [0.2, 0.25) is 5.15 Å². The quantitative estimate of drug-likeness (QED) is 0.639. The Morgan fingerprint density at radius 1 is 1.47 bits per heavy atom. The Hall–Kier alpha value is -1.62. The minimum Gasteiger partial charge on any atom is -0.461 e. The number of hydrogen-bond donors (Lipinski definition) is 0. The van der Waals surface area contributed by atoms with E-state index in [0.29, 0.717) is 23.3 Å². The molecule has 0 saturated heterocycles. The molecule has 0 atom stereocenters. The van der Waals surface area contributed by atoms with Gasteiger partial charge in [-0.3, -0.25) is 0 Å². The summed E-state index contributed by atoms with van der Waals surface area (Å²) in [7, 11) is 0. The van der Waals surface area contributed by atoms with Crippen LogP contribution in [0.15, 0.2) is 12.1 Å². The SMILES string of the molecule is CCOC(=O)c1cc2nc(CC(C)C)cc(Cl)n2n1. The zero-order valence-corrected chi connectivity index (χ0v) is 11.9. The van der Waals surface area contributed by atoms with Crippen molar-refractivity contribution in [1.29, 1.82) is 0 Å². The number of hydrogen-bond acceptors (Lipinski definition) is 4. The molecule has 2 aromatic rings. The Bertz CT molecular complexity index is 607. The second kappa shape index (κ2) is 5.57. The van der Waals surface area contributed by atoms with Crippen molar-refractivity contribution in [3.63, 3.8) is 0 Å². The maximum Gasteiger partial charge on any atom is 0.358 e. The van der Waals surface area contributed by atoms with Gasteiger partial charge in [-0.1, -0.05) is 25.4 Å². The molecule has 102 valence electrons. The Kier molecular flexibility index (Phi) is 4.04. The summed E-state index contributed by atoms with van der Waals surface area (Å²) in [6.45, 7) is 6.28. The predicted octanol–water partition coefficient (Wildman–Crippen LogP) is 2.76.